The summed E-state index contributed by atoms with van der Waals surface area (Å²) in [6, 6.07) is 31.5. The van der Waals surface area contributed by atoms with Crippen molar-refractivity contribution < 1.29 is 23.5 Å². The number of fused-ring (bicyclic) bond motifs is 4. The summed E-state index contributed by atoms with van der Waals surface area (Å²) >= 11 is 5.87. The van der Waals surface area contributed by atoms with Gasteiger partial charge < -0.3 is 13.9 Å². The quantitative estimate of drug-likeness (QED) is 0.173. The third-order valence-corrected chi connectivity index (χ3v) is 10.6. The van der Waals surface area contributed by atoms with Crippen LogP contribution in [0.4, 0.5) is 0 Å². The largest absolute Gasteiger partial charge is 0.475 e. The van der Waals surface area contributed by atoms with Crippen LogP contribution in [0.1, 0.15) is 28.5 Å². The first kappa shape index (κ1) is 35.2. The number of thioether (sulfide) groups is 2. The second-order valence-electron chi connectivity index (χ2n) is 9.74. The number of thiazole rings is 2. The fourth-order valence-corrected chi connectivity index (χ4v) is 7.73. The maximum absolute atomic E-state index is 12.4. The average Bonchev–Trinajstić information content (AvgIpc) is 3.72. The molecule has 4 aromatic heterocycles. The van der Waals surface area contributed by atoms with Crippen LogP contribution in [0.2, 0.25) is 0 Å². The SMILES string of the molecule is C.CSc1nc2ccccc2s1.O=C(O)c1cc(=O)c2ccccc2o1.O=C(Sc1nc2ccccc2s1)c1cc(=O)c2ccccc2o1. The number of carbonyl (C=O) groups excluding carboxylic acids is 1. The van der Waals surface area contributed by atoms with Gasteiger partial charge in [0.25, 0.3) is 5.12 Å². The van der Waals surface area contributed by atoms with Crippen molar-refractivity contribution in [2.45, 2.75) is 16.1 Å². The molecular weight excluding hydrogens is 701 g/mol. The van der Waals surface area contributed by atoms with E-state index in [0.717, 1.165) is 37.9 Å². The zero-order chi connectivity index (χ0) is 33.6. The van der Waals surface area contributed by atoms with Gasteiger partial charge in [-0.2, -0.15) is 0 Å². The van der Waals surface area contributed by atoms with Crippen LogP contribution in [0.25, 0.3) is 42.4 Å². The van der Waals surface area contributed by atoms with Crippen LogP contribution in [-0.2, 0) is 0 Å². The van der Waals surface area contributed by atoms with Crippen molar-refractivity contribution in [3.63, 3.8) is 0 Å². The van der Waals surface area contributed by atoms with E-state index in [4.69, 9.17) is 13.9 Å². The van der Waals surface area contributed by atoms with E-state index < -0.39 is 5.97 Å². The molecule has 4 heterocycles. The van der Waals surface area contributed by atoms with Crippen LogP contribution >= 0.6 is 46.2 Å². The Balaban J connectivity index is 0.000000154. The molecule has 0 saturated carbocycles. The smallest absolute Gasteiger partial charge is 0.371 e. The lowest BCUT2D eigenvalue weighted by Crippen LogP contribution is -2.05. The monoisotopic (exact) mass is 726 g/mol. The Labute approximate surface area is 295 Å². The van der Waals surface area contributed by atoms with Gasteiger partial charge >= 0.3 is 5.97 Å². The van der Waals surface area contributed by atoms with Gasteiger partial charge in [0.1, 0.15) is 11.2 Å². The minimum Gasteiger partial charge on any atom is -0.475 e. The fourth-order valence-electron chi connectivity index (χ4n) is 4.38. The van der Waals surface area contributed by atoms with Gasteiger partial charge in [-0.1, -0.05) is 67.7 Å². The van der Waals surface area contributed by atoms with Gasteiger partial charge in [0, 0.05) is 12.1 Å². The lowest BCUT2D eigenvalue weighted by molar-refractivity contribution is 0.0663. The van der Waals surface area contributed by atoms with Crippen molar-refractivity contribution in [2.24, 2.45) is 0 Å². The number of benzene rings is 4. The molecule has 49 heavy (non-hydrogen) atoms. The number of nitrogens with zero attached hydrogens (tertiary/aromatic N) is 2. The number of carboxylic acids is 1. The van der Waals surface area contributed by atoms with E-state index in [1.54, 1.807) is 71.6 Å². The van der Waals surface area contributed by atoms with Gasteiger partial charge in [-0.15, -0.1) is 22.7 Å². The first-order valence-electron chi connectivity index (χ1n) is 14.1. The van der Waals surface area contributed by atoms with Crippen LogP contribution in [0, 0.1) is 0 Å². The fraction of sp³-hybridized carbons (Fsp3) is 0.0556. The molecule has 4 aromatic carbocycles. The van der Waals surface area contributed by atoms with Crippen molar-refractivity contribution in [1.29, 1.82) is 0 Å². The highest BCUT2D eigenvalue weighted by atomic mass is 32.2. The molecule has 0 fully saturated rings. The van der Waals surface area contributed by atoms with E-state index >= 15 is 0 Å². The molecule has 8 aromatic rings. The highest BCUT2D eigenvalue weighted by Crippen LogP contribution is 2.31. The second-order valence-corrected chi connectivity index (χ2v) is 14.1. The molecule has 1 N–H and O–H groups in total. The number of carbonyl (C=O) groups is 2. The Hall–Kier alpha value is -5.08. The summed E-state index contributed by atoms with van der Waals surface area (Å²) < 4.78 is 14.6. The third kappa shape index (κ3) is 8.32. The normalized spacial score (nSPS) is 10.6. The maximum atomic E-state index is 12.4. The second kappa shape index (κ2) is 15.9. The summed E-state index contributed by atoms with van der Waals surface area (Å²) in [7, 11) is 0. The number of aromatic carboxylic acids is 1. The van der Waals surface area contributed by atoms with Gasteiger partial charge in [0.2, 0.25) is 5.76 Å². The average molecular weight is 727 g/mol. The highest BCUT2D eigenvalue weighted by Gasteiger charge is 2.16. The summed E-state index contributed by atoms with van der Waals surface area (Å²) in [5, 5.41) is 9.16. The van der Waals surface area contributed by atoms with E-state index in [1.165, 1.54) is 22.1 Å². The van der Waals surface area contributed by atoms with E-state index in [9.17, 15) is 19.2 Å². The summed E-state index contributed by atoms with van der Waals surface area (Å²) in [5.74, 6) is -1.54. The molecule has 0 saturated heterocycles. The zero-order valence-electron chi connectivity index (χ0n) is 24.8. The number of para-hydroxylation sites is 4. The molecule has 13 heteroatoms. The molecule has 8 rings (SSSR count). The number of rotatable bonds is 4. The standard InChI is InChI=1S/C17H9NO3S2.C10H6O4.C8H7NS2.CH4/c19-12-9-14(21-13-7-3-1-5-10(12)13)16(20)23-17-18-11-6-2-4-8-15(11)22-17;11-7-5-9(10(12)13)14-8-4-2-1-3-6(7)8;1-10-8-9-6-4-2-3-5-7(6)11-8;/h1-9H;1-5H,(H,12,13);2-5H,1H3;1H4. The van der Waals surface area contributed by atoms with Crippen LogP contribution < -0.4 is 10.9 Å². The molecule has 0 aliphatic rings. The number of hydrogen-bond donors (Lipinski definition) is 1. The van der Waals surface area contributed by atoms with Gasteiger partial charge in [0.15, 0.2) is 25.3 Å². The summed E-state index contributed by atoms with van der Waals surface area (Å²) in [6.45, 7) is 0. The predicted molar refractivity (Wildman–Crippen MR) is 200 cm³/mol. The first-order chi connectivity index (χ1) is 23.3. The number of carboxylic acid groups (broad SMARTS) is 1. The molecule has 0 atom stereocenters. The Morgan fingerprint density at radius 2 is 1.10 bits per heavy atom. The van der Waals surface area contributed by atoms with E-state index in [0.29, 0.717) is 20.7 Å². The lowest BCUT2D eigenvalue weighted by atomic mass is 10.2. The molecule has 0 radical (unpaired) electrons. The van der Waals surface area contributed by atoms with Gasteiger partial charge in [-0.3, -0.25) is 14.4 Å². The molecule has 9 nitrogen and oxygen atoms in total. The molecule has 0 amide bonds. The minimum absolute atomic E-state index is 0. The van der Waals surface area contributed by atoms with Crippen molar-refractivity contribution in [3.8, 4) is 0 Å². The Morgan fingerprint density at radius 1 is 0.653 bits per heavy atom. The first-order valence-corrected chi connectivity index (χ1v) is 17.7. The van der Waals surface area contributed by atoms with Gasteiger partial charge in [-0.25, -0.2) is 14.8 Å². The topological polar surface area (TPSA) is 141 Å². The molecular formula is C36H26N2O7S4. The zero-order valence-corrected chi connectivity index (χ0v) is 28.1. The van der Waals surface area contributed by atoms with Crippen LogP contribution in [0.15, 0.2) is 136 Å². The number of hydrogen-bond acceptors (Lipinski definition) is 12. The van der Waals surface area contributed by atoms with Crippen molar-refractivity contribution in [1.82, 2.24) is 9.97 Å². The maximum Gasteiger partial charge on any atom is 0.371 e. The van der Waals surface area contributed by atoms with E-state index in [1.807, 2.05) is 42.5 Å². The van der Waals surface area contributed by atoms with Crippen molar-refractivity contribution in [2.75, 3.05) is 6.26 Å². The van der Waals surface area contributed by atoms with Crippen LogP contribution in [-0.4, -0.2) is 32.4 Å². The van der Waals surface area contributed by atoms with Gasteiger partial charge in [0.05, 0.1) is 31.2 Å². The summed E-state index contributed by atoms with van der Waals surface area (Å²) in [4.78, 5) is 55.2. The van der Waals surface area contributed by atoms with Crippen LogP contribution in [0.3, 0.4) is 0 Å². The Bertz CT molecular complexity index is 2490. The Kier molecular flexibility index (Phi) is 11.4. The molecule has 0 aliphatic carbocycles. The predicted octanol–water partition coefficient (Wildman–Crippen LogP) is 9.48. The molecule has 0 unspecified atom stereocenters. The molecule has 0 aliphatic heterocycles. The lowest BCUT2D eigenvalue weighted by Gasteiger charge is -2.00. The van der Waals surface area contributed by atoms with Crippen LogP contribution in [0.5, 0.6) is 0 Å². The summed E-state index contributed by atoms with van der Waals surface area (Å²) in [6.07, 6.45) is 2.05. The minimum atomic E-state index is -1.24. The third-order valence-electron chi connectivity index (χ3n) is 6.58. The highest BCUT2D eigenvalue weighted by molar-refractivity contribution is 8.15. The van der Waals surface area contributed by atoms with E-state index in [-0.39, 0.29) is 40.5 Å². The Morgan fingerprint density at radius 3 is 1.63 bits per heavy atom. The molecule has 0 bridgehead atoms. The van der Waals surface area contributed by atoms with Crippen molar-refractivity contribution in [3.05, 3.63) is 141 Å². The van der Waals surface area contributed by atoms with E-state index in [2.05, 4.69) is 22.3 Å². The molecule has 246 valence electrons. The van der Waals surface area contributed by atoms with Gasteiger partial charge in [-0.05, 0) is 66.5 Å². The summed E-state index contributed by atoms with van der Waals surface area (Å²) in [5.41, 5.74) is 2.10. The number of aromatic nitrogens is 2. The molecule has 0 spiro atoms. The van der Waals surface area contributed by atoms with Crippen molar-refractivity contribution >= 4 is 99.7 Å².